The molecular weight excluding hydrogens is 240 g/mol. The molecule has 3 heteroatoms. The quantitative estimate of drug-likeness (QED) is 0.742. The minimum Gasteiger partial charge on any atom is -0.185 e. The average molecular weight is 256 g/mol. The van der Waals surface area contributed by atoms with Crippen LogP contribution in [-0.4, -0.2) is 0 Å². The topological polar surface area (TPSA) is 24.7 Å². The molecule has 1 aliphatic rings. The van der Waals surface area contributed by atoms with Gasteiger partial charge in [0.15, 0.2) is 0 Å². The molecule has 0 spiro atoms. The smallest absolute Gasteiger partial charge is 0.107 e. The van der Waals surface area contributed by atoms with Gasteiger partial charge in [-0.1, -0.05) is 37.3 Å². The Kier molecular flexibility index (Phi) is 3.24. The van der Waals surface area contributed by atoms with E-state index in [2.05, 4.69) is 58.9 Å². The zero-order valence-corrected chi connectivity index (χ0v) is 11.2. The second-order valence-electron chi connectivity index (χ2n) is 4.61. The minimum absolute atomic E-state index is 0.239. The Hall–Kier alpha value is -1.48. The average Bonchev–Trinajstić information content (AvgIpc) is 3.09. The molecular formula is C15H16N2S. The highest BCUT2D eigenvalue weighted by Crippen LogP contribution is 2.39. The summed E-state index contributed by atoms with van der Waals surface area (Å²) in [5.74, 6) is 0. The number of rotatable bonds is 3. The first-order chi connectivity index (χ1) is 8.86. The third-order valence-electron chi connectivity index (χ3n) is 3.44. The molecule has 2 nitrogen and oxygen atoms in total. The van der Waals surface area contributed by atoms with Gasteiger partial charge in [0.2, 0.25) is 0 Å². The Morgan fingerprint density at radius 3 is 2.56 bits per heavy atom. The lowest BCUT2D eigenvalue weighted by atomic mass is 9.99. The van der Waals surface area contributed by atoms with E-state index in [1.165, 1.54) is 16.0 Å². The molecule has 0 radical (unpaired) electrons. The molecule has 2 aromatic rings. The maximum Gasteiger partial charge on any atom is 0.107 e. The molecule has 0 bridgehead atoms. The summed E-state index contributed by atoms with van der Waals surface area (Å²) in [6.07, 6.45) is 2.09. The zero-order valence-electron chi connectivity index (χ0n) is 10.4. The standard InChI is InChI=1S/C15H16N2S/c1-2-11-5-7-12(8-6-11)13-10-14(17-16-13)15-4-3-9-18-15/h3-9,13-14H,2,10H2,1H3. The fourth-order valence-electron chi connectivity index (χ4n) is 2.30. The first-order valence-corrected chi connectivity index (χ1v) is 7.27. The van der Waals surface area contributed by atoms with Gasteiger partial charge in [-0.25, -0.2) is 0 Å². The minimum atomic E-state index is 0.239. The summed E-state index contributed by atoms with van der Waals surface area (Å²) in [5, 5.41) is 10.9. The lowest BCUT2D eigenvalue weighted by Gasteiger charge is -2.08. The zero-order chi connectivity index (χ0) is 12.4. The third-order valence-corrected chi connectivity index (χ3v) is 4.41. The number of hydrogen-bond acceptors (Lipinski definition) is 3. The lowest BCUT2D eigenvalue weighted by Crippen LogP contribution is -1.95. The molecule has 2 heterocycles. The van der Waals surface area contributed by atoms with Crippen molar-refractivity contribution in [2.75, 3.05) is 0 Å². The van der Waals surface area contributed by atoms with Crippen LogP contribution in [-0.2, 0) is 6.42 Å². The summed E-state index contributed by atoms with van der Waals surface area (Å²) >= 11 is 1.77. The number of benzene rings is 1. The number of aryl methyl sites for hydroxylation is 1. The van der Waals surface area contributed by atoms with Gasteiger partial charge in [-0.3, -0.25) is 0 Å². The van der Waals surface area contributed by atoms with E-state index in [1.54, 1.807) is 11.3 Å². The summed E-state index contributed by atoms with van der Waals surface area (Å²) < 4.78 is 0. The van der Waals surface area contributed by atoms with Gasteiger partial charge in [-0.05, 0) is 29.0 Å². The van der Waals surface area contributed by atoms with Crippen LogP contribution in [0.2, 0.25) is 0 Å². The second-order valence-corrected chi connectivity index (χ2v) is 5.59. The molecule has 0 fully saturated rings. The first kappa shape index (κ1) is 11.6. The highest BCUT2D eigenvalue weighted by molar-refractivity contribution is 7.10. The molecule has 1 aromatic heterocycles. The van der Waals surface area contributed by atoms with Crippen LogP contribution in [0.15, 0.2) is 52.0 Å². The molecule has 2 unspecified atom stereocenters. The van der Waals surface area contributed by atoms with Gasteiger partial charge >= 0.3 is 0 Å². The number of nitrogens with zero attached hydrogens (tertiary/aromatic N) is 2. The Labute approximate surface area is 111 Å². The maximum absolute atomic E-state index is 4.43. The van der Waals surface area contributed by atoms with Gasteiger partial charge < -0.3 is 0 Å². The van der Waals surface area contributed by atoms with Crippen molar-refractivity contribution in [3.63, 3.8) is 0 Å². The summed E-state index contributed by atoms with van der Waals surface area (Å²) in [6, 6.07) is 13.5. The molecule has 0 amide bonds. The summed E-state index contributed by atoms with van der Waals surface area (Å²) in [6.45, 7) is 2.18. The van der Waals surface area contributed by atoms with E-state index >= 15 is 0 Å². The molecule has 18 heavy (non-hydrogen) atoms. The van der Waals surface area contributed by atoms with Crippen molar-refractivity contribution in [1.29, 1.82) is 0 Å². The van der Waals surface area contributed by atoms with E-state index in [1.807, 2.05) is 0 Å². The molecule has 1 aliphatic heterocycles. The normalized spacial score (nSPS) is 22.5. The van der Waals surface area contributed by atoms with Crippen molar-refractivity contribution in [3.05, 3.63) is 57.8 Å². The van der Waals surface area contributed by atoms with Crippen molar-refractivity contribution < 1.29 is 0 Å². The molecule has 0 aliphatic carbocycles. The van der Waals surface area contributed by atoms with E-state index in [0.717, 1.165) is 12.8 Å². The van der Waals surface area contributed by atoms with Gasteiger partial charge in [0.05, 0.1) is 6.04 Å². The van der Waals surface area contributed by atoms with Crippen molar-refractivity contribution >= 4 is 11.3 Å². The van der Waals surface area contributed by atoms with Gasteiger partial charge in [-0.15, -0.1) is 11.3 Å². The molecule has 0 saturated carbocycles. The van der Waals surface area contributed by atoms with Gasteiger partial charge in [0.1, 0.15) is 6.04 Å². The van der Waals surface area contributed by atoms with E-state index in [0.29, 0.717) is 0 Å². The Bertz CT molecular complexity index is 528. The summed E-state index contributed by atoms with van der Waals surface area (Å²) in [5.41, 5.74) is 2.67. The highest BCUT2D eigenvalue weighted by Gasteiger charge is 2.25. The number of thiophene rings is 1. The molecule has 92 valence electrons. The molecule has 1 aromatic carbocycles. The Morgan fingerprint density at radius 2 is 1.89 bits per heavy atom. The highest BCUT2D eigenvalue weighted by atomic mass is 32.1. The second kappa shape index (κ2) is 5.02. The summed E-state index contributed by atoms with van der Waals surface area (Å²) in [4.78, 5) is 1.33. The van der Waals surface area contributed by atoms with Crippen LogP contribution in [0.25, 0.3) is 0 Å². The van der Waals surface area contributed by atoms with Crippen LogP contribution in [0.5, 0.6) is 0 Å². The van der Waals surface area contributed by atoms with Gasteiger partial charge in [-0.2, -0.15) is 10.2 Å². The Morgan fingerprint density at radius 1 is 1.11 bits per heavy atom. The van der Waals surface area contributed by atoms with Crippen molar-refractivity contribution in [1.82, 2.24) is 0 Å². The van der Waals surface area contributed by atoms with Gasteiger partial charge in [0.25, 0.3) is 0 Å². The number of hydrogen-bond donors (Lipinski definition) is 0. The number of azo groups is 1. The SMILES string of the molecule is CCc1ccc(C2CC(c3cccs3)N=N2)cc1. The fourth-order valence-corrected chi connectivity index (χ4v) is 3.07. The van der Waals surface area contributed by atoms with Crippen LogP contribution in [0.3, 0.4) is 0 Å². The van der Waals surface area contributed by atoms with Crippen LogP contribution in [0.4, 0.5) is 0 Å². The van der Waals surface area contributed by atoms with Gasteiger partial charge in [0, 0.05) is 11.3 Å². The predicted octanol–water partition coefficient (Wildman–Crippen LogP) is 4.95. The molecule has 3 rings (SSSR count). The van der Waals surface area contributed by atoms with E-state index < -0.39 is 0 Å². The first-order valence-electron chi connectivity index (χ1n) is 6.39. The third kappa shape index (κ3) is 2.23. The van der Waals surface area contributed by atoms with Crippen molar-refractivity contribution in [2.24, 2.45) is 10.2 Å². The van der Waals surface area contributed by atoms with Crippen LogP contribution in [0, 0.1) is 0 Å². The molecule has 2 atom stereocenters. The predicted molar refractivity (Wildman–Crippen MR) is 75.1 cm³/mol. The van der Waals surface area contributed by atoms with Crippen LogP contribution >= 0.6 is 11.3 Å². The van der Waals surface area contributed by atoms with Crippen LogP contribution < -0.4 is 0 Å². The Balaban J connectivity index is 1.74. The van der Waals surface area contributed by atoms with Crippen molar-refractivity contribution in [2.45, 2.75) is 31.8 Å². The fraction of sp³-hybridized carbons (Fsp3) is 0.333. The van der Waals surface area contributed by atoms with Crippen LogP contribution in [0.1, 0.15) is 41.4 Å². The van der Waals surface area contributed by atoms with E-state index in [4.69, 9.17) is 0 Å². The van der Waals surface area contributed by atoms with E-state index in [9.17, 15) is 0 Å². The largest absolute Gasteiger partial charge is 0.185 e. The van der Waals surface area contributed by atoms with Crippen molar-refractivity contribution in [3.8, 4) is 0 Å². The van der Waals surface area contributed by atoms with E-state index in [-0.39, 0.29) is 12.1 Å². The summed E-state index contributed by atoms with van der Waals surface area (Å²) in [7, 11) is 0. The lowest BCUT2D eigenvalue weighted by molar-refractivity contribution is 0.666. The molecule has 0 N–H and O–H groups in total. The maximum atomic E-state index is 4.43. The molecule has 0 saturated heterocycles. The monoisotopic (exact) mass is 256 g/mol.